The molecule has 0 saturated carbocycles. The summed E-state index contributed by atoms with van der Waals surface area (Å²) in [6, 6.07) is 12.2. The number of nitrogens with zero attached hydrogens (tertiary/aromatic N) is 6. The second-order valence-electron chi connectivity index (χ2n) is 8.41. The molecule has 1 amide bonds. The minimum atomic E-state index is -4.57. The van der Waals surface area contributed by atoms with Crippen LogP contribution in [0.2, 0.25) is 0 Å². The molecule has 0 aliphatic carbocycles. The third-order valence-electron chi connectivity index (χ3n) is 5.88. The first-order valence-corrected chi connectivity index (χ1v) is 11.2. The number of hydrogen-bond donors (Lipinski definition) is 1. The van der Waals surface area contributed by atoms with Crippen LogP contribution in [-0.2, 0) is 11.0 Å². The number of hydrogen-bond acceptors (Lipinski definition) is 5. The molecule has 0 radical (unpaired) electrons. The van der Waals surface area contributed by atoms with Gasteiger partial charge in [0.05, 0.1) is 29.1 Å². The molecule has 0 aliphatic heterocycles. The van der Waals surface area contributed by atoms with Gasteiger partial charge in [0.15, 0.2) is 5.65 Å². The number of fused-ring (bicyclic) bond motifs is 1. The monoisotopic (exact) mass is 521 g/mol. The third kappa shape index (κ3) is 4.34. The van der Waals surface area contributed by atoms with E-state index in [1.165, 1.54) is 46.6 Å². The number of benzene rings is 2. The molecule has 3 aromatic heterocycles. The van der Waals surface area contributed by atoms with Crippen LogP contribution < -0.4 is 5.32 Å². The predicted octanol–water partition coefficient (Wildman–Crippen LogP) is 5.79. The molecule has 192 valence electrons. The van der Waals surface area contributed by atoms with Crippen LogP contribution in [0.15, 0.2) is 60.9 Å². The lowest BCUT2D eigenvalue weighted by Crippen LogP contribution is -2.07. The van der Waals surface area contributed by atoms with E-state index in [4.69, 9.17) is 5.26 Å². The predicted molar refractivity (Wildman–Crippen MR) is 132 cm³/mol. The van der Waals surface area contributed by atoms with Crippen LogP contribution in [0.3, 0.4) is 0 Å². The highest BCUT2D eigenvalue weighted by Crippen LogP contribution is 2.38. The number of amides is 1. The lowest BCUT2D eigenvalue weighted by Gasteiger charge is -2.16. The van der Waals surface area contributed by atoms with Gasteiger partial charge in [-0.25, -0.2) is 13.6 Å². The summed E-state index contributed by atoms with van der Waals surface area (Å²) in [5, 5.41) is 20.1. The van der Waals surface area contributed by atoms with Gasteiger partial charge in [-0.2, -0.15) is 28.5 Å². The van der Waals surface area contributed by atoms with Gasteiger partial charge in [-0.3, -0.25) is 10.1 Å². The number of pyridine rings is 1. The fraction of sp³-hybridized carbons (Fsp3) is 0.115. The number of anilines is 1. The summed E-state index contributed by atoms with van der Waals surface area (Å²) < 4.78 is 58.2. The number of alkyl halides is 3. The molecule has 0 bridgehead atoms. The van der Waals surface area contributed by atoms with E-state index in [0.717, 1.165) is 18.2 Å². The minimum Gasteiger partial charge on any atom is -0.293 e. The zero-order valence-corrected chi connectivity index (χ0v) is 19.9. The Kier molecular flexibility index (Phi) is 5.91. The molecule has 0 spiro atoms. The lowest BCUT2D eigenvalue weighted by molar-refractivity contribution is -0.137. The van der Waals surface area contributed by atoms with Crippen molar-refractivity contribution in [1.82, 2.24) is 24.4 Å². The van der Waals surface area contributed by atoms with Crippen molar-refractivity contribution >= 4 is 17.5 Å². The van der Waals surface area contributed by atoms with Gasteiger partial charge in [-0.15, -0.1) is 5.10 Å². The number of halogens is 4. The summed E-state index contributed by atoms with van der Waals surface area (Å²) in [5.74, 6) is -1.14. The molecule has 0 saturated heterocycles. The van der Waals surface area contributed by atoms with Crippen molar-refractivity contribution in [3.63, 3.8) is 0 Å². The Hall–Kier alpha value is -5.05. The van der Waals surface area contributed by atoms with Gasteiger partial charge >= 0.3 is 6.18 Å². The summed E-state index contributed by atoms with van der Waals surface area (Å²) in [6.07, 6.45) is -1.54. The molecule has 3 heterocycles. The van der Waals surface area contributed by atoms with E-state index in [1.54, 1.807) is 19.2 Å². The quantitative estimate of drug-likeness (QED) is 0.302. The van der Waals surface area contributed by atoms with Gasteiger partial charge in [-0.05, 0) is 54.4 Å². The summed E-state index contributed by atoms with van der Waals surface area (Å²) in [7, 11) is 0. The van der Waals surface area contributed by atoms with Crippen molar-refractivity contribution in [3.8, 4) is 34.1 Å². The molecule has 5 aromatic rings. The molecule has 38 heavy (non-hydrogen) atoms. The Bertz CT molecular complexity index is 1770. The van der Waals surface area contributed by atoms with E-state index in [-0.39, 0.29) is 29.8 Å². The normalized spacial score (nSPS) is 11.5. The highest BCUT2D eigenvalue weighted by atomic mass is 19.4. The molecular formula is C26H19F4N7O. The third-order valence-corrected chi connectivity index (χ3v) is 5.88. The molecule has 0 unspecified atom stereocenters. The maximum absolute atomic E-state index is 14.9. The van der Waals surface area contributed by atoms with Crippen LogP contribution in [0.25, 0.3) is 33.7 Å². The Labute approximate surface area is 214 Å². The zero-order chi connectivity index (χ0) is 27.2. The number of nitriles is 1. The number of nitrogens with one attached hydrogen (secondary N) is 1. The Morgan fingerprint density at radius 3 is 2.63 bits per heavy atom. The molecule has 0 fully saturated rings. The van der Waals surface area contributed by atoms with Gasteiger partial charge in [0, 0.05) is 25.7 Å². The van der Waals surface area contributed by atoms with E-state index in [9.17, 15) is 22.4 Å². The van der Waals surface area contributed by atoms with Crippen molar-refractivity contribution in [2.45, 2.75) is 20.0 Å². The van der Waals surface area contributed by atoms with Crippen LogP contribution in [0, 0.1) is 24.1 Å². The minimum absolute atomic E-state index is 0. The van der Waals surface area contributed by atoms with Crippen LogP contribution in [0.1, 0.15) is 25.0 Å². The van der Waals surface area contributed by atoms with Gasteiger partial charge in [0.2, 0.25) is 11.9 Å². The highest BCUT2D eigenvalue weighted by molar-refractivity contribution is 5.89. The SMILES string of the molecule is CC(=O)Nc1nc2c(-c3cccc(C(F)(F)F)c3)c(C)c(-c3ccnn3-c3ccc(C#N)cc3F)cn2n1.[HH]. The van der Waals surface area contributed by atoms with Gasteiger partial charge in [-0.1, -0.05) is 12.1 Å². The first kappa shape index (κ1) is 24.6. The van der Waals surface area contributed by atoms with Crippen molar-refractivity contribution < 1.29 is 23.8 Å². The number of aromatic nitrogens is 5. The second kappa shape index (κ2) is 9.11. The number of carbonyl (C=O) groups excluding carboxylic acids is 1. The Balaban J connectivity index is 0.00000353. The fourth-order valence-corrected chi connectivity index (χ4v) is 4.22. The molecule has 0 atom stereocenters. The van der Waals surface area contributed by atoms with Crippen LogP contribution in [-0.4, -0.2) is 30.3 Å². The maximum Gasteiger partial charge on any atom is 0.416 e. The van der Waals surface area contributed by atoms with Gasteiger partial charge < -0.3 is 0 Å². The Morgan fingerprint density at radius 2 is 1.95 bits per heavy atom. The van der Waals surface area contributed by atoms with E-state index < -0.39 is 23.5 Å². The first-order valence-electron chi connectivity index (χ1n) is 11.2. The van der Waals surface area contributed by atoms with Crippen LogP contribution >= 0.6 is 0 Å². The standard InChI is InChI=1S/C26H17F4N7O.H2/c1-14-19(21-8-9-32-37(21)22-7-6-16(12-31)10-20(22)27)13-36-24(34-25(35-36)33-15(2)38)23(14)17-4-3-5-18(11-17)26(28,29)30;/h3-11,13H,1-2H3,(H,33,35,38);1H. The van der Waals surface area contributed by atoms with Crippen LogP contribution in [0.5, 0.6) is 0 Å². The topological polar surface area (TPSA) is 101 Å². The Morgan fingerprint density at radius 1 is 1.16 bits per heavy atom. The van der Waals surface area contributed by atoms with Crippen molar-refractivity contribution in [2.75, 3.05) is 5.32 Å². The summed E-state index contributed by atoms with van der Waals surface area (Å²) in [4.78, 5) is 16.0. The molecule has 0 aliphatic rings. The summed E-state index contributed by atoms with van der Waals surface area (Å²) in [5.41, 5.74) is 1.55. The van der Waals surface area contributed by atoms with Crippen molar-refractivity contribution in [2.24, 2.45) is 0 Å². The first-order chi connectivity index (χ1) is 18.1. The van der Waals surface area contributed by atoms with Crippen molar-refractivity contribution in [1.29, 1.82) is 5.26 Å². The van der Waals surface area contributed by atoms with E-state index in [0.29, 0.717) is 22.4 Å². The lowest BCUT2D eigenvalue weighted by atomic mass is 9.95. The van der Waals surface area contributed by atoms with E-state index in [1.807, 2.05) is 6.07 Å². The molecular weight excluding hydrogens is 502 g/mol. The second-order valence-corrected chi connectivity index (χ2v) is 8.41. The molecule has 2 aromatic carbocycles. The molecule has 12 heteroatoms. The van der Waals surface area contributed by atoms with E-state index >= 15 is 0 Å². The molecule has 1 N–H and O–H groups in total. The zero-order valence-electron chi connectivity index (χ0n) is 19.9. The van der Waals surface area contributed by atoms with Gasteiger partial charge in [0.25, 0.3) is 0 Å². The van der Waals surface area contributed by atoms with Crippen molar-refractivity contribution in [3.05, 3.63) is 83.4 Å². The number of rotatable bonds is 4. The largest absolute Gasteiger partial charge is 0.416 e. The summed E-state index contributed by atoms with van der Waals surface area (Å²) >= 11 is 0. The van der Waals surface area contributed by atoms with Crippen LogP contribution in [0.4, 0.5) is 23.5 Å². The molecule has 8 nitrogen and oxygen atoms in total. The summed E-state index contributed by atoms with van der Waals surface area (Å²) in [6.45, 7) is 2.98. The van der Waals surface area contributed by atoms with E-state index in [2.05, 4.69) is 20.5 Å². The average molecular weight is 521 g/mol. The highest BCUT2D eigenvalue weighted by Gasteiger charge is 2.31. The smallest absolute Gasteiger partial charge is 0.293 e. The molecule has 5 rings (SSSR count). The maximum atomic E-state index is 14.9. The fourth-order valence-electron chi connectivity index (χ4n) is 4.22. The average Bonchev–Trinajstić information content (AvgIpc) is 3.49. The number of carbonyl (C=O) groups is 1. The van der Waals surface area contributed by atoms with Gasteiger partial charge in [0.1, 0.15) is 11.5 Å².